The Morgan fingerprint density at radius 3 is 2.52 bits per heavy atom. The maximum atomic E-state index is 12.8. The predicted molar refractivity (Wildman–Crippen MR) is 82.8 cm³/mol. The van der Waals surface area contributed by atoms with Crippen LogP contribution in [-0.4, -0.2) is 42.3 Å². The van der Waals surface area contributed by atoms with Gasteiger partial charge in [-0.1, -0.05) is 33.6 Å². The van der Waals surface area contributed by atoms with E-state index in [0.29, 0.717) is 17.9 Å². The van der Waals surface area contributed by atoms with Crippen molar-refractivity contribution in [2.75, 3.05) is 7.11 Å². The monoisotopic (exact) mass is 294 g/mol. The lowest BCUT2D eigenvalue weighted by Crippen LogP contribution is -2.65. The smallest absolute Gasteiger partial charge is 0.241 e. The van der Waals surface area contributed by atoms with Crippen LogP contribution >= 0.6 is 0 Å². The van der Waals surface area contributed by atoms with Gasteiger partial charge in [-0.3, -0.25) is 10.1 Å². The Kier molecular flexibility index (Phi) is 4.04. The summed E-state index contributed by atoms with van der Waals surface area (Å²) in [5.41, 5.74) is 0.0611. The highest BCUT2D eigenvalue weighted by Gasteiger charge is 2.57. The normalized spacial score (nSPS) is 39.8. The summed E-state index contributed by atoms with van der Waals surface area (Å²) < 4.78 is 5.58. The molecule has 2 saturated carbocycles. The van der Waals surface area contributed by atoms with Gasteiger partial charge in [0, 0.05) is 18.6 Å². The second kappa shape index (κ2) is 5.54. The third-order valence-corrected chi connectivity index (χ3v) is 6.23. The lowest BCUT2D eigenvalue weighted by Gasteiger charge is -2.56. The molecule has 1 saturated heterocycles. The Bertz CT molecular complexity index is 404. The molecule has 0 aromatic rings. The van der Waals surface area contributed by atoms with E-state index < -0.39 is 0 Å². The lowest BCUT2D eigenvalue weighted by atomic mass is 9.63. The third kappa shape index (κ3) is 2.31. The van der Waals surface area contributed by atoms with Crippen molar-refractivity contribution in [3.63, 3.8) is 0 Å². The number of carbonyl (C=O) groups is 1. The summed E-state index contributed by atoms with van der Waals surface area (Å²) in [6.07, 6.45) is 7.56. The van der Waals surface area contributed by atoms with E-state index in [1.807, 2.05) is 0 Å². The highest BCUT2D eigenvalue weighted by Crippen LogP contribution is 2.48. The molecule has 1 heterocycles. The van der Waals surface area contributed by atoms with Gasteiger partial charge in [-0.05, 0) is 31.6 Å². The van der Waals surface area contributed by atoms with Gasteiger partial charge in [0.2, 0.25) is 5.91 Å². The molecule has 4 unspecified atom stereocenters. The van der Waals surface area contributed by atoms with Gasteiger partial charge in [-0.2, -0.15) is 0 Å². The molecule has 4 atom stereocenters. The zero-order valence-electron chi connectivity index (χ0n) is 13.9. The van der Waals surface area contributed by atoms with Crippen LogP contribution in [0.1, 0.15) is 59.3 Å². The number of ether oxygens (including phenoxy) is 1. The lowest BCUT2D eigenvalue weighted by molar-refractivity contribution is -0.164. The van der Waals surface area contributed by atoms with E-state index in [9.17, 15) is 4.79 Å². The van der Waals surface area contributed by atoms with Crippen LogP contribution in [0.15, 0.2) is 0 Å². The number of hydrogen-bond donors (Lipinski definition) is 1. The van der Waals surface area contributed by atoms with Crippen LogP contribution in [0.25, 0.3) is 0 Å². The van der Waals surface area contributed by atoms with Gasteiger partial charge in [-0.25, -0.2) is 0 Å². The van der Waals surface area contributed by atoms with Crippen molar-refractivity contribution in [3.05, 3.63) is 0 Å². The van der Waals surface area contributed by atoms with Crippen molar-refractivity contribution in [1.29, 1.82) is 0 Å². The molecule has 1 amide bonds. The minimum atomic E-state index is 0.0213. The molecular formula is C17H30N2O2. The van der Waals surface area contributed by atoms with Crippen LogP contribution in [-0.2, 0) is 9.53 Å². The standard InChI is InChI=1S/C17H30N2O2/c1-5-12-16(20)19(13-10-14(21-4)17(13,2)3)15(18-12)11-8-6-7-9-11/h11-15,18H,5-10H2,1-4H3. The van der Waals surface area contributed by atoms with E-state index in [0.717, 1.165) is 12.8 Å². The molecule has 2 aliphatic carbocycles. The summed E-state index contributed by atoms with van der Waals surface area (Å²) in [6, 6.07) is 0.345. The van der Waals surface area contributed by atoms with Gasteiger partial charge >= 0.3 is 0 Å². The summed E-state index contributed by atoms with van der Waals surface area (Å²) in [5, 5.41) is 3.64. The number of nitrogens with zero attached hydrogens (tertiary/aromatic N) is 1. The van der Waals surface area contributed by atoms with Crippen molar-refractivity contribution >= 4 is 5.91 Å². The minimum Gasteiger partial charge on any atom is -0.381 e. The molecule has 0 bridgehead atoms. The molecule has 3 rings (SSSR count). The van der Waals surface area contributed by atoms with Crippen molar-refractivity contribution in [2.24, 2.45) is 11.3 Å². The van der Waals surface area contributed by atoms with E-state index in [4.69, 9.17) is 4.74 Å². The quantitative estimate of drug-likeness (QED) is 0.866. The van der Waals surface area contributed by atoms with Crippen molar-refractivity contribution in [2.45, 2.75) is 83.6 Å². The van der Waals surface area contributed by atoms with Crippen LogP contribution in [0.4, 0.5) is 0 Å². The predicted octanol–water partition coefficient (Wildman–Crippen LogP) is 2.53. The van der Waals surface area contributed by atoms with Crippen molar-refractivity contribution in [1.82, 2.24) is 10.2 Å². The molecule has 0 aromatic heterocycles. The number of hydrogen-bond acceptors (Lipinski definition) is 3. The fourth-order valence-electron chi connectivity index (χ4n) is 4.69. The van der Waals surface area contributed by atoms with Gasteiger partial charge in [-0.15, -0.1) is 0 Å². The van der Waals surface area contributed by atoms with E-state index in [-0.39, 0.29) is 23.7 Å². The number of methoxy groups -OCH3 is 1. The molecule has 1 N–H and O–H groups in total. The number of amides is 1. The topological polar surface area (TPSA) is 41.6 Å². The van der Waals surface area contributed by atoms with Gasteiger partial charge in [0.05, 0.1) is 18.3 Å². The zero-order valence-corrected chi connectivity index (χ0v) is 13.9. The molecule has 1 aliphatic heterocycles. The molecule has 120 valence electrons. The summed E-state index contributed by atoms with van der Waals surface area (Å²) in [6.45, 7) is 6.59. The fourth-order valence-corrected chi connectivity index (χ4v) is 4.69. The van der Waals surface area contributed by atoms with Crippen LogP contribution in [0.2, 0.25) is 0 Å². The third-order valence-electron chi connectivity index (χ3n) is 6.23. The Morgan fingerprint density at radius 1 is 1.33 bits per heavy atom. The average molecular weight is 294 g/mol. The number of carbonyl (C=O) groups excluding carboxylic acids is 1. The van der Waals surface area contributed by atoms with Gasteiger partial charge in [0.15, 0.2) is 0 Å². The highest BCUT2D eigenvalue weighted by atomic mass is 16.5. The molecular weight excluding hydrogens is 264 g/mol. The van der Waals surface area contributed by atoms with Crippen molar-refractivity contribution in [3.8, 4) is 0 Å². The Hall–Kier alpha value is -0.610. The van der Waals surface area contributed by atoms with Crippen LogP contribution in [0, 0.1) is 11.3 Å². The summed E-state index contributed by atoms with van der Waals surface area (Å²) >= 11 is 0. The van der Waals surface area contributed by atoms with Crippen LogP contribution < -0.4 is 5.32 Å². The molecule has 4 heteroatoms. The second-order valence-corrected chi connectivity index (χ2v) is 7.66. The molecule has 0 radical (unpaired) electrons. The second-order valence-electron chi connectivity index (χ2n) is 7.66. The van der Waals surface area contributed by atoms with E-state index >= 15 is 0 Å². The molecule has 21 heavy (non-hydrogen) atoms. The molecule has 3 fully saturated rings. The molecule has 0 spiro atoms. The summed E-state index contributed by atoms with van der Waals surface area (Å²) in [7, 11) is 1.79. The van der Waals surface area contributed by atoms with Crippen molar-refractivity contribution < 1.29 is 9.53 Å². The first kappa shape index (κ1) is 15.3. The van der Waals surface area contributed by atoms with Gasteiger partial charge < -0.3 is 9.64 Å². The Balaban J connectivity index is 1.81. The Labute approximate surface area is 128 Å². The maximum absolute atomic E-state index is 12.8. The molecule has 4 nitrogen and oxygen atoms in total. The highest BCUT2D eigenvalue weighted by molar-refractivity contribution is 5.85. The van der Waals surface area contributed by atoms with Gasteiger partial charge in [0.25, 0.3) is 0 Å². The van der Waals surface area contributed by atoms with Crippen LogP contribution in [0.5, 0.6) is 0 Å². The first-order valence-electron chi connectivity index (χ1n) is 8.61. The fraction of sp³-hybridized carbons (Fsp3) is 0.941. The average Bonchev–Trinajstić information content (AvgIpc) is 3.07. The van der Waals surface area contributed by atoms with E-state index in [2.05, 4.69) is 31.0 Å². The van der Waals surface area contributed by atoms with Gasteiger partial charge in [0.1, 0.15) is 0 Å². The maximum Gasteiger partial charge on any atom is 0.241 e. The first-order chi connectivity index (χ1) is 10.0. The minimum absolute atomic E-state index is 0.0213. The largest absolute Gasteiger partial charge is 0.381 e. The number of rotatable bonds is 4. The zero-order chi connectivity index (χ0) is 15.2. The Morgan fingerprint density at radius 2 is 2.00 bits per heavy atom. The number of nitrogens with one attached hydrogen (secondary N) is 1. The first-order valence-corrected chi connectivity index (χ1v) is 8.61. The van der Waals surface area contributed by atoms with E-state index in [1.165, 1.54) is 25.7 Å². The van der Waals surface area contributed by atoms with E-state index in [1.54, 1.807) is 7.11 Å². The molecule has 0 aromatic carbocycles. The van der Waals surface area contributed by atoms with Crippen LogP contribution in [0.3, 0.4) is 0 Å². The molecule has 3 aliphatic rings. The summed E-state index contributed by atoms with van der Waals surface area (Å²) in [4.78, 5) is 15.1. The summed E-state index contributed by atoms with van der Waals surface area (Å²) in [5.74, 6) is 0.963. The SMILES string of the molecule is CCC1NC(C2CCCC2)N(C2CC(OC)C2(C)C)C1=O.